The number of nitrogens with one attached hydrogen (secondary N) is 2. The summed E-state index contributed by atoms with van der Waals surface area (Å²) in [5.74, 6) is 0. The highest BCUT2D eigenvalue weighted by molar-refractivity contribution is 7.92. The number of anilines is 1. The van der Waals surface area contributed by atoms with Gasteiger partial charge in [0.15, 0.2) is 0 Å². The van der Waals surface area contributed by atoms with Crippen molar-refractivity contribution in [2.75, 3.05) is 24.1 Å². The number of sulfonamides is 2. The highest BCUT2D eigenvalue weighted by Crippen LogP contribution is 2.35. The molecule has 0 saturated carbocycles. The van der Waals surface area contributed by atoms with E-state index in [1.165, 1.54) is 34.7 Å². The maximum atomic E-state index is 12.5. The lowest BCUT2D eigenvalue weighted by molar-refractivity contribution is 0.145. The summed E-state index contributed by atoms with van der Waals surface area (Å²) < 4.78 is 52.5. The fourth-order valence-corrected chi connectivity index (χ4v) is 6.17. The minimum absolute atomic E-state index is 0. The predicted molar refractivity (Wildman–Crippen MR) is 120 cm³/mol. The molecule has 0 amide bonds. The predicted octanol–water partition coefficient (Wildman–Crippen LogP) is 2.83. The van der Waals surface area contributed by atoms with Crippen molar-refractivity contribution in [2.45, 2.75) is 37.2 Å². The molecular formula is C18H26ClN3O4S3. The minimum atomic E-state index is -3.66. The molecule has 2 atom stereocenters. The number of halogens is 1. The van der Waals surface area contributed by atoms with E-state index in [0.717, 1.165) is 12.7 Å². The quantitative estimate of drug-likeness (QED) is 0.636. The first kappa shape index (κ1) is 24.1. The molecule has 3 rings (SSSR count). The van der Waals surface area contributed by atoms with Crippen molar-refractivity contribution in [3.05, 3.63) is 46.2 Å². The summed E-state index contributed by atoms with van der Waals surface area (Å²) in [7, 11) is -7.06. The molecule has 1 aliphatic heterocycles. The summed E-state index contributed by atoms with van der Waals surface area (Å²) in [5, 5.41) is 2.11. The molecule has 0 aliphatic carbocycles. The molecule has 0 unspecified atom stereocenters. The zero-order chi connectivity index (χ0) is 20.5. The molecule has 29 heavy (non-hydrogen) atoms. The van der Waals surface area contributed by atoms with Gasteiger partial charge in [0.25, 0.3) is 0 Å². The first-order valence-corrected chi connectivity index (χ1v) is 13.2. The van der Waals surface area contributed by atoms with Gasteiger partial charge in [-0.1, -0.05) is 0 Å². The third-order valence-corrected chi connectivity index (χ3v) is 8.08. The van der Waals surface area contributed by atoms with E-state index in [2.05, 4.69) is 39.6 Å². The molecule has 0 fully saturated rings. The van der Waals surface area contributed by atoms with E-state index in [0.29, 0.717) is 24.8 Å². The van der Waals surface area contributed by atoms with Crippen LogP contribution in [0.1, 0.15) is 30.3 Å². The number of hydrogen-bond acceptors (Lipinski definition) is 6. The summed E-state index contributed by atoms with van der Waals surface area (Å²) >= 11 is 1.75. The molecule has 2 heterocycles. The van der Waals surface area contributed by atoms with Crippen LogP contribution in [0.25, 0.3) is 0 Å². The van der Waals surface area contributed by atoms with E-state index in [4.69, 9.17) is 0 Å². The molecule has 11 heteroatoms. The molecule has 1 aliphatic rings. The number of hydrogen-bond donors (Lipinski definition) is 2. The lowest BCUT2D eigenvalue weighted by Gasteiger charge is -2.38. The molecule has 7 nitrogen and oxygen atoms in total. The molecule has 0 bridgehead atoms. The van der Waals surface area contributed by atoms with Gasteiger partial charge in [-0.2, -0.15) is 0 Å². The lowest BCUT2D eigenvalue weighted by atomic mass is 9.97. The number of benzene rings is 1. The minimum Gasteiger partial charge on any atom is -0.291 e. The Balaban J connectivity index is 0.00000300. The molecule has 1 aromatic heterocycles. The second-order valence-electron chi connectivity index (χ2n) is 7.07. The Morgan fingerprint density at radius 1 is 1.10 bits per heavy atom. The van der Waals surface area contributed by atoms with E-state index < -0.39 is 20.0 Å². The van der Waals surface area contributed by atoms with Crippen LogP contribution in [0.15, 0.2) is 40.6 Å². The Labute approximate surface area is 183 Å². The second kappa shape index (κ2) is 9.32. The number of thiophene rings is 1. The van der Waals surface area contributed by atoms with Gasteiger partial charge in [0.2, 0.25) is 20.0 Å². The van der Waals surface area contributed by atoms with E-state index in [1.54, 1.807) is 11.3 Å². The largest absolute Gasteiger partial charge is 0.291 e. The van der Waals surface area contributed by atoms with Gasteiger partial charge >= 0.3 is 0 Å². The molecule has 0 radical (unpaired) electrons. The van der Waals surface area contributed by atoms with Crippen molar-refractivity contribution in [1.82, 2.24) is 9.62 Å². The van der Waals surface area contributed by atoms with Crippen LogP contribution in [0.3, 0.4) is 0 Å². The second-order valence-corrected chi connectivity index (χ2v) is 11.5. The average Bonchev–Trinajstić information content (AvgIpc) is 3.05. The zero-order valence-electron chi connectivity index (χ0n) is 16.5. The summed E-state index contributed by atoms with van der Waals surface area (Å²) in [4.78, 5) is 3.78. The van der Waals surface area contributed by atoms with Crippen molar-refractivity contribution in [3.63, 3.8) is 0 Å². The maximum Gasteiger partial charge on any atom is 0.240 e. The molecule has 0 spiro atoms. The summed E-state index contributed by atoms with van der Waals surface area (Å²) in [6, 6.07) is 8.44. The molecule has 0 saturated heterocycles. The Bertz CT molecular complexity index is 1040. The lowest BCUT2D eigenvalue weighted by Crippen LogP contribution is -2.44. The standard InChI is InChI=1S/C18H25N3O4S3.ClH/c1-13-12-15-8-11-26-18(15)14(2)21(13)10-9-19-28(24,25)17-6-4-16(5-7-17)20-27(3,22)23;/h4-8,11,13-14,19-20H,9-10,12H2,1-3H3;1H/t13-,14+;/m1./s1. The third kappa shape index (κ3) is 5.93. The Morgan fingerprint density at radius 3 is 2.38 bits per heavy atom. The number of nitrogens with zero attached hydrogens (tertiary/aromatic N) is 1. The Morgan fingerprint density at radius 2 is 1.76 bits per heavy atom. The smallest absolute Gasteiger partial charge is 0.240 e. The summed E-state index contributed by atoms with van der Waals surface area (Å²) in [5.41, 5.74) is 1.72. The molecule has 162 valence electrons. The molecule has 2 aromatic rings. The average molecular weight is 480 g/mol. The van der Waals surface area contributed by atoms with Gasteiger partial charge in [-0.3, -0.25) is 9.62 Å². The highest BCUT2D eigenvalue weighted by Gasteiger charge is 2.30. The van der Waals surface area contributed by atoms with Crippen LogP contribution in [0.4, 0.5) is 5.69 Å². The van der Waals surface area contributed by atoms with Crippen molar-refractivity contribution in [3.8, 4) is 0 Å². The van der Waals surface area contributed by atoms with Crippen LogP contribution in [0, 0.1) is 0 Å². The van der Waals surface area contributed by atoms with Gasteiger partial charge in [-0.15, -0.1) is 23.7 Å². The van der Waals surface area contributed by atoms with Gasteiger partial charge in [-0.05, 0) is 61.5 Å². The maximum absolute atomic E-state index is 12.5. The van der Waals surface area contributed by atoms with Gasteiger partial charge in [0, 0.05) is 35.7 Å². The van der Waals surface area contributed by atoms with Crippen molar-refractivity contribution < 1.29 is 16.8 Å². The SMILES string of the molecule is C[C@@H]1Cc2ccsc2[C@H](C)N1CCNS(=O)(=O)c1ccc(NS(C)(=O)=O)cc1.Cl. The highest BCUT2D eigenvalue weighted by atomic mass is 35.5. The first-order valence-electron chi connectivity index (χ1n) is 8.96. The molecular weight excluding hydrogens is 454 g/mol. The van der Waals surface area contributed by atoms with Crippen molar-refractivity contribution in [2.24, 2.45) is 0 Å². The van der Waals surface area contributed by atoms with Crippen LogP contribution >= 0.6 is 23.7 Å². The fourth-order valence-electron chi connectivity index (χ4n) is 3.57. The van der Waals surface area contributed by atoms with Gasteiger partial charge in [-0.25, -0.2) is 21.6 Å². The topological polar surface area (TPSA) is 95.6 Å². The van der Waals surface area contributed by atoms with Gasteiger partial charge in [0.05, 0.1) is 11.2 Å². The van der Waals surface area contributed by atoms with E-state index in [9.17, 15) is 16.8 Å². The van der Waals surface area contributed by atoms with Crippen molar-refractivity contribution >= 4 is 49.5 Å². The van der Waals surface area contributed by atoms with Crippen LogP contribution in [-0.4, -0.2) is 47.1 Å². The number of rotatable bonds is 7. The zero-order valence-corrected chi connectivity index (χ0v) is 19.7. The monoisotopic (exact) mass is 479 g/mol. The summed E-state index contributed by atoms with van der Waals surface area (Å²) in [6.07, 6.45) is 2.02. The van der Waals surface area contributed by atoms with Crippen LogP contribution < -0.4 is 9.44 Å². The van der Waals surface area contributed by atoms with Crippen LogP contribution in [-0.2, 0) is 26.5 Å². The first-order chi connectivity index (χ1) is 13.1. The fraction of sp³-hybridized carbons (Fsp3) is 0.444. The number of fused-ring (bicyclic) bond motifs is 1. The van der Waals surface area contributed by atoms with Crippen LogP contribution in [0.2, 0.25) is 0 Å². The normalized spacial score (nSPS) is 20.0. The Kier molecular flexibility index (Phi) is 7.74. The molecule has 1 aromatic carbocycles. The van der Waals surface area contributed by atoms with Crippen LogP contribution in [0.5, 0.6) is 0 Å². The third-order valence-electron chi connectivity index (χ3n) is 4.87. The van der Waals surface area contributed by atoms with E-state index in [1.807, 2.05) is 0 Å². The van der Waals surface area contributed by atoms with E-state index >= 15 is 0 Å². The summed E-state index contributed by atoms with van der Waals surface area (Å²) in [6.45, 7) is 5.25. The van der Waals surface area contributed by atoms with Crippen molar-refractivity contribution in [1.29, 1.82) is 0 Å². The Hall–Kier alpha value is -1.17. The van der Waals surface area contributed by atoms with Gasteiger partial charge in [0.1, 0.15) is 0 Å². The van der Waals surface area contributed by atoms with E-state index in [-0.39, 0.29) is 23.3 Å². The molecule has 2 N–H and O–H groups in total. The van der Waals surface area contributed by atoms with Gasteiger partial charge < -0.3 is 0 Å².